The number of para-hydroxylation sites is 1. The third-order valence-corrected chi connectivity index (χ3v) is 7.13. The van der Waals surface area contributed by atoms with Crippen LogP contribution in [0.5, 0.6) is 5.75 Å². The highest BCUT2D eigenvalue weighted by Crippen LogP contribution is 2.69. The van der Waals surface area contributed by atoms with Crippen molar-refractivity contribution in [3.63, 3.8) is 0 Å². The number of hydrogen-bond acceptors (Lipinski definition) is 5. The molecular weight excluding hydrogens is 378 g/mol. The highest BCUT2D eigenvalue weighted by Gasteiger charge is 2.62. The van der Waals surface area contributed by atoms with E-state index in [0.29, 0.717) is 41.0 Å². The average molecular weight is 401 g/mol. The minimum atomic E-state index is -0.187. The molecule has 6 nitrogen and oxygen atoms in total. The summed E-state index contributed by atoms with van der Waals surface area (Å²) in [5.74, 6) is 2.90. The summed E-state index contributed by atoms with van der Waals surface area (Å²) >= 11 is 0. The van der Waals surface area contributed by atoms with Crippen LogP contribution in [0.25, 0.3) is 10.9 Å². The van der Waals surface area contributed by atoms with Crippen molar-refractivity contribution >= 4 is 16.8 Å². The van der Waals surface area contributed by atoms with Gasteiger partial charge in [0.25, 0.3) is 5.91 Å². The molecule has 0 saturated heterocycles. The number of ether oxygens (including phenoxy) is 1. The zero-order chi connectivity index (χ0) is 20.1. The van der Waals surface area contributed by atoms with Crippen molar-refractivity contribution < 1.29 is 14.1 Å². The summed E-state index contributed by atoms with van der Waals surface area (Å²) in [6.07, 6.45) is 10.4. The second-order valence-corrected chi connectivity index (χ2v) is 8.75. The molecule has 3 atom stereocenters. The number of nitrogens with one attached hydrogen (secondary N) is 1. The van der Waals surface area contributed by atoms with Crippen LogP contribution < -0.4 is 10.1 Å². The van der Waals surface area contributed by atoms with Gasteiger partial charge in [-0.05, 0) is 54.6 Å². The van der Waals surface area contributed by atoms with Crippen molar-refractivity contribution in [2.45, 2.75) is 25.9 Å². The fourth-order valence-electron chi connectivity index (χ4n) is 5.50. The first-order valence-corrected chi connectivity index (χ1v) is 10.6. The Balaban J connectivity index is 1.07. The molecule has 6 heteroatoms. The quantitative estimate of drug-likeness (QED) is 0.629. The van der Waals surface area contributed by atoms with Gasteiger partial charge >= 0.3 is 0 Å². The number of nitrogens with zero attached hydrogens (tertiary/aromatic N) is 2. The molecule has 0 unspecified atom stereocenters. The van der Waals surface area contributed by atoms with E-state index in [1.165, 1.54) is 19.3 Å². The first kappa shape index (κ1) is 17.7. The lowest BCUT2D eigenvalue weighted by molar-refractivity contribution is 0.0934. The third kappa shape index (κ3) is 2.82. The van der Waals surface area contributed by atoms with Crippen LogP contribution in [0.1, 0.15) is 35.5 Å². The summed E-state index contributed by atoms with van der Waals surface area (Å²) in [6, 6.07) is 11.3. The molecule has 3 aliphatic carbocycles. The fourth-order valence-corrected chi connectivity index (χ4v) is 5.50. The molecule has 1 amide bonds. The molecule has 2 bridgehead atoms. The SMILES string of the molecule is O=C(NC[C@H]1C[C@H]2C=C[C@H]1C21CC1)c1cc(COc2cccc3cccnc23)on1. The van der Waals surface area contributed by atoms with E-state index in [9.17, 15) is 4.79 Å². The maximum absolute atomic E-state index is 12.5. The molecule has 1 aromatic carbocycles. The van der Waals surface area contributed by atoms with Crippen molar-refractivity contribution in [3.05, 3.63) is 66.2 Å². The first-order valence-electron chi connectivity index (χ1n) is 10.6. The molecule has 1 spiro atoms. The van der Waals surface area contributed by atoms with Crippen LogP contribution in [0.3, 0.4) is 0 Å². The molecule has 3 aliphatic rings. The Bertz CT molecular complexity index is 1140. The molecule has 2 heterocycles. The van der Waals surface area contributed by atoms with Gasteiger partial charge in [-0.3, -0.25) is 9.78 Å². The van der Waals surface area contributed by atoms with Crippen LogP contribution in [0.15, 0.2) is 59.3 Å². The lowest BCUT2D eigenvalue weighted by Crippen LogP contribution is -2.31. The second kappa shape index (κ2) is 6.69. The minimum absolute atomic E-state index is 0.187. The third-order valence-electron chi connectivity index (χ3n) is 7.13. The number of fused-ring (bicyclic) bond motifs is 1. The van der Waals surface area contributed by atoms with Crippen LogP contribution in [0.4, 0.5) is 0 Å². The van der Waals surface area contributed by atoms with Gasteiger partial charge in [0.2, 0.25) is 0 Å². The molecular formula is C24H23N3O3. The van der Waals surface area contributed by atoms with Crippen LogP contribution in [0.2, 0.25) is 0 Å². The fraction of sp³-hybridized carbons (Fsp3) is 0.375. The molecule has 2 saturated carbocycles. The van der Waals surface area contributed by atoms with E-state index < -0.39 is 0 Å². The Morgan fingerprint density at radius 3 is 3.00 bits per heavy atom. The largest absolute Gasteiger partial charge is 0.483 e. The summed E-state index contributed by atoms with van der Waals surface area (Å²) in [7, 11) is 0. The summed E-state index contributed by atoms with van der Waals surface area (Å²) < 4.78 is 11.2. The van der Waals surface area contributed by atoms with Crippen molar-refractivity contribution in [2.75, 3.05) is 6.54 Å². The number of hydrogen-bond donors (Lipinski definition) is 1. The Labute approximate surface area is 174 Å². The van der Waals surface area contributed by atoms with E-state index >= 15 is 0 Å². The highest BCUT2D eigenvalue weighted by atomic mass is 16.5. The van der Waals surface area contributed by atoms with Crippen LogP contribution in [0, 0.1) is 23.2 Å². The van der Waals surface area contributed by atoms with E-state index in [0.717, 1.165) is 16.8 Å². The zero-order valence-corrected chi connectivity index (χ0v) is 16.6. The molecule has 152 valence electrons. The van der Waals surface area contributed by atoms with E-state index in [1.807, 2.05) is 30.3 Å². The van der Waals surface area contributed by atoms with Gasteiger partial charge in [0.15, 0.2) is 11.5 Å². The maximum Gasteiger partial charge on any atom is 0.273 e. The molecule has 3 aromatic rings. The number of aromatic nitrogens is 2. The highest BCUT2D eigenvalue weighted by molar-refractivity contribution is 5.92. The summed E-state index contributed by atoms with van der Waals surface area (Å²) in [6.45, 7) is 0.891. The number of carbonyl (C=O) groups excluding carboxylic acids is 1. The summed E-state index contributed by atoms with van der Waals surface area (Å²) in [5.41, 5.74) is 1.64. The van der Waals surface area contributed by atoms with Crippen molar-refractivity contribution in [2.24, 2.45) is 23.2 Å². The monoisotopic (exact) mass is 401 g/mol. The van der Waals surface area contributed by atoms with Crippen molar-refractivity contribution in [3.8, 4) is 5.75 Å². The van der Waals surface area contributed by atoms with Crippen LogP contribution in [-0.4, -0.2) is 22.6 Å². The summed E-state index contributed by atoms with van der Waals surface area (Å²) in [4.78, 5) is 16.9. The Morgan fingerprint density at radius 2 is 2.13 bits per heavy atom. The Kier molecular flexibility index (Phi) is 3.94. The molecule has 1 N–H and O–H groups in total. The van der Waals surface area contributed by atoms with E-state index in [4.69, 9.17) is 9.26 Å². The van der Waals surface area contributed by atoms with Crippen LogP contribution in [-0.2, 0) is 6.61 Å². The number of amides is 1. The molecule has 0 aliphatic heterocycles. The van der Waals surface area contributed by atoms with Gasteiger partial charge in [-0.1, -0.05) is 35.5 Å². The first-order chi connectivity index (χ1) is 14.7. The normalized spacial score (nSPS) is 25.1. The maximum atomic E-state index is 12.5. The van der Waals surface area contributed by atoms with Crippen LogP contribution >= 0.6 is 0 Å². The molecule has 2 aromatic heterocycles. The molecule has 2 fully saturated rings. The van der Waals surface area contributed by atoms with Crippen molar-refractivity contribution in [1.29, 1.82) is 0 Å². The van der Waals surface area contributed by atoms with Crippen molar-refractivity contribution in [1.82, 2.24) is 15.5 Å². The molecule has 0 radical (unpaired) electrons. The lowest BCUT2D eigenvalue weighted by Gasteiger charge is -2.19. The van der Waals surface area contributed by atoms with Gasteiger partial charge < -0.3 is 14.6 Å². The smallest absolute Gasteiger partial charge is 0.273 e. The zero-order valence-electron chi connectivity index (χ0n) is 16.6. The number of rotatable bonds is 6. The number of carbonyl (C=O) groups is 1. The minimum Gasteiger partial charge on any atom is -0.483 e. The van der Waals surface area contributed by atoms with Gasteiger partial charge in [-0.15, -0.1) is 0 Å². The van der Waals surface area contributed by atoms with Gasteiger partial charge in [0.05, 0.1) is 0 Å². The topological polar surface area (TPSA) is 77.2 Å². The molecule has 30 heavy (non-hydrogen) atoms. The van der Waals surface area contributed by atoms with E-state index in [1.54, 1.807) is 12.3 Å². The predicted octanol–water partition coefficient (Wildman–Crippen LogP) is 4.13. The van der Waals surface area contributed by atoms with Gasteiger partial charge in [0, 0.05) is 24.2 Å². The number of benzene rings is 1. The summed E-state index contributed by atoms with van der Waals surface area (Å²) in [5, 5.41) is 7.99. The Hall–Kier alpha value is -3.15. The van der Waals surface area contributed by atoms with E-state index in [-0.39, 0.29) is 12.5 Å². The van der Waals surface area contributed by atoms with E-state index in [2.05, 4.69) is 27.6 Å². The van der Waals surface area contributed by atoms with Gasteiger partial charge in [0.1, 0.15) is 17.9 Å². The predicted molar refractivity (Wildman–Crippen MR) is 111 cm³/mol. The van der Waals surface area contributed by atoms with Gasteiger partial charge in [-0.2, -0.15) is 0 Å². The second-order valence-electron chi connectivity index (χ2n) is 8.75. The Morgan fingerprint density at radius 1 is 1.23 bits per heavy atom. The number of pyridine rings is 1. The standard InChI is InChI=1S/C24H23N3O3/c28-23(26-13-16-11-17-6-7-19(16)24(17)8-9-24)20-12-18(30-27-20)14-29-21-5-1-3-15-4-2-10-25-22(15)21/h1-7,10,12,16-17,19H,8-9,11,13-14H2,(H,26,28)/t16-,17-,19-/m1/s1. The average Bonchev–Trinajstić information content (AvgIpc) is 3.19. The number of allylic oxidation sites excluding steroid dienone is 2. The lowest BCUT2D eigenvalue weighted by atomic mass is 9.89. The molecule has 6 rings (SSSR count). The van der Waals surface area contributed by atoms with Gasteiger partial charge in [-0.25, -0.2) is 0 Å².